The Labute approximate surface area is 110 Å². The maximum Gasteiger partial charge on any atom is 0.194 e. The predicted molar refractivity (Wildman–Crippen MR) is 66.0 cm³/mol. The summed E-state index contributed by atoms with van der Waals surface area (Å²) in [5.74, 6) is -3.17. The Morgan fingerprint density at radius 1 is 1.26 bits per heavy atom. The lowest BCUT2D eigenvalue weighted by Gasteiger charge is -2.20. The molecule has 0 radical (unpaired) electrons. The van der Waals surface area contributed by atoms with E-state index < -0.39 is 23.5 Å². The predicted octanol–water partition coefficient (Wildman–Crippen LogP) is 3.45. The first-order valence-electron chi connectivity index (χ1n) is 6.34. The van der Waals surface area contributed by atoms with Crippen molar-refractivity contribution in [3.05, 3.63) is 47.0 Å². The summed E-state index contributed by atoms with van der Waals surface area (Å²) in [5, 5.41) is 3.15. The van der Waals surface area contributed by atoms with E-state index in [0.717, 1.165) is 25.0 Å². The van der Waals surface area contributed by atoms with Gasteiger partial charge in [0.25, 0.3) is 0 Å². The van der Waals surface area contributed by atoms with Crippen LogP contribution in [0.15, 0.2) is 24.0 Å². The molecular weight excluding hydrogens is 255 g/mol. The van der Waals surface area contributed by atoms with Crippen molar-refractivity contribution in [2.45, 2.75) is 25.8 Å². The minimum Gasteiger partial charge on any atom is -0.496 e. The molecule has 1 aromatic rings. The number of nitrogens with one attached hydrogen (secondary N) is 1. The van der Waals surface area contributed by atoms with E-state index in [0.29, 0.717) is 24.5 Å². The van der Waals surface area contributed by atoms with Gasteiger partial charge in [-0.1, -0.05) is 6.92 Å². The van der Waals surface area contributed by atoms with Gasteiger partial charge in [0.2, 0.25) is 0 Å². The van der Waals surface area contributed by atoms with Crippen LogP contribution in [0.1, 0.15) is 31.4 Å². The molecule has 0 spiro atoms. The molecule has 0 bridgehead atoms. The fourth-order valence-electron chi connectivity index (χ4n) is 2.05. The number of rotatable bonds is 5. The van der Waals surface area contributed by atoms with E-state index in [1.165, 1.54) is 0 Å². The third-order valence-electron chi connectivity index (χ3n) is 2.95. The Hall–Kier alpha value is -1.49. The van der Waals surface area contributed by atoms with Crippen LogP contribution in [0.5, 0.6) is 0 Å². The standard InChI is InChI=1S/C14H16F3NO/c1-2-5-18-14(12-4-3-6-19-12)9-7-10(15)13(17)11(16)8-9/h4,7-8,14,18H,2-3,5-6H2,1H3. The van der Waals surface area contributed by atoms with E-state index in [-0.39, 0.29) is 0 Å². The van der Waals surface area contributed by atoms with Crippen LogP contribution in [0.2, 0.25) is 0 Å². The van der Waals surface area contributed by atoms with Gasteiger partial charge in [-0.05, 0) is 36.7 Å². The minimum atomic E-state index is -1.45. The summed E-state index contributed by atoms with van der Waals surface area (Å²) < 4.78 is 45.0. The number of hydrogen-bond acceptors (Lipinski definition) is 2. The molecule has 0 saturated heterocycles. The Balaban J connectivity index is 2.31. The maximum atomic E-state index is 13.3. The van der Waals surface area contributed by atoms with Crippen molar-refractivity contribution in [3.63, 3.8) is 0 Å². The highest BCUT2D eigenvalue weighted by atomic mass is 19.2. The molecule has 104 valence electrons. The molecular formula is C14H16F3NO. The highest BCUT2D eigenvalue weighted by Crippen LogP contribution is 2.28. The number of hydrogen-bond donors (Lipinski definition) is 1. The summed E-state index contributed by atoms with van der Waals surface area (Å²) in [6.45, 7) is 3.22. The van der Waals surface area contributed by atoms with E-state index >= 15 is 0 Å². The third kappa shape index (κ3) is 3.10. The molecule has 0 amide bonds. The van der Waals surface area contributed by atoms with Crippen LogP contribution < -0.4 is 5.32 Å². The SMILES string of the molecule is CCCNC(C1=CCCO1)c1cc(F)c(F)c(F)c1. The Kier molecular flexibility index (Phi) is 4.47. The van der Waals surface area contributed by atoms with Crippen molar-refractivity contribution in [2.24, 2.45) is 0 Å². The van der Waals surface area contributed by atoms with Crippen molar-refractivity contribution in [2.75, 3.05) is 13.2 Å². The van der Waals surface area contributed by atoms with Crippen LogP contribution in [-0.4, -0.2) is 13.2 Å². The molecule has 1 atom stereocenters. The zero-order valence-corrected chi connectivity index (χ0v) is 10.7. The van der Waals surface area contributed by atoms with Gasteiger partial charge >= 0.3 is 0 Å². The zero-order valence-electron chi connectivity index (χ0n) is 10.7. The first kappa shape index (κ1) is 13.9. The van der Waals surface area contributed by atoms with Gasteiger partial charge in [-0.25, -0.2) is 13.2 Å². The summed E-state index contributed by atoms with van der Waals surface area (Å²) in [5.41, 5.74) is 0.331. The zero-order chi connectivity index (χ0) is 13.8. The lowest BCUT2D eigenvalue weighted by molar-refractivity contribution is 0.215. The second-order valence-electron chi connectivity index (χ2n) is 4.43. The van der Waals surface area contributed by atoms with Crippen LogP contribution in [0, 0.1) is 17.5 Å². The monoisotopic (exact) mass is 271 g/mol. The quantitative estimate of drug-likeness (QED) is 0.828. The van der Waals surface area contributed by atoms with Crippen molar-refractivity contribution in [1.82, 2.24) is 5.32 Å². The third-order valence-corrected chi connectivity index (χ3v) is 2.95. The van der Waals surface area contributed by atoms with Gasteiger partial charge in [-0.2, -0.15) is 0 Å². The Bertz CT molecular complexity index is 465. The highest BCUT2D eigenvalue weighted by molar-refractivity contribution is 5.29. The summed E-state index contributed by atoms with van der Waals surface area (Å²) >= 11 is 0. The highest BCUT2D eigenvalue weighted by Gasteiger charge is 2.23. The van der Waals surface area contributed by atoms with E-state index in [1.807, 2.05) is 13.0 Å². The van der Waals surface area contributed by atoms with E-state index in [4.69, 9.17) is 4.74 Å². The average molecular weight is 271 g/mol. The van der Waals surface area contributed by atoms with E-state index in [9.17, 15) is 13.2 Å². The van der Waals surface area contributed by atoms with Gasteiger partial charge in [-0.15, -0.1) is 0 Å². The topological polar surface area (TPSA) is 21.3 Å². The first-order chi connectivity index (χ1) is 9.13. The largest absolute Gasteiger partial charge is 0.496 e. The molecule has 2 rings (SSSR count). The molecule has 1 heterocycles. The fraction of sp³-hybridized carbons (Fsp3) is 0.429. The van der Waals surface area contributed by atoms with Gasteiger partial charge < -0.3 is 10.1 Å². The van der Waals surface area contributed by atoms with Gasteiger partial charge in [0.15, 0.2) is 17.5 Å². The molecule has 5 heteroatoms. The van der Waals surface area contributed by atoms with Crippen LogP contribution in [0.25, 0.3) is 0 Å². The molecule has 0 aromatic heterocycles. The van der Waals surface area contributed by atoms with Crippen molar-refractivity contribution >= 4 is 0 Å². The molecule has 19 heavy (non-hydrogen) atoms. The molecule has 2 nitrogen and oxygen atoms in total. The molecule has 0 saturated carbocycles. The second-order valence-corrected chi connectivity index (χ2v) is 4.43. The molecule has 1 aliphatic heterocycles. The molecule has 1 aromatic carbocycles. The number of halogens is 3. The number of benzene rings is 1. The molecule has 1 aliphatic rings. The minimum absolute atomic E-state index is 0.331. The van der Waals surface area contributed by atoms with Crippen molar-refractivity contribution < 1.29 is 17.9 Å². The van der Waals surface area contributed by atoms with E-state index in [2.05, 4.69) is 5.32 Å². The van der Waals surface area contributed by atoms with Gasteiger partial charge in [0.1, 0.15) is 5.76 Å². The van der Waals surface area contributed by atoms with Gasteiger partial charge in [0, 0.05) is 6.42 Å². The smallest absolute Gasteiger partial charge is 0.194 e. The van der Waals surface area contributed by atoms with Crippen LogP contribution in [0.4, 0.5) is 13.2 Å². The normalized spacial score (nSPS) is 16.1. The van der Waals surface area contributed by atoms with E-state index in [1.54, 1.807) is 0 Å². The summed E-state index contributed by atoms with van der Waals surface area (Å²) in [6.07, 6.45) is 3.52. The Morgan fingerprint density at radius 2 is 1.95 bits per heavy atom. The summed E-state index contributed by atoms with van der Waals surface area (Å²) in [6, 6.07) is 1.58. The van der Waals surface area contributed by atoms with Crippen LogP contribution >= 0.6 is 0 Å². The Morgan fingerprint density at radius 3 is 2.47 bits per heavy atom. The van der Waals surface area contributed by atoms with Crippen molar-refractivity contribution in [3.8, 4) is 0 Å². The molecule has 1 unspecified atom stereocenters. The van der Waals surface area contributed by atoms with Gasteiger partial charge in [0.05, 0.1) is 12.6 Å². The summed E-state index contributed by atoms with van der Waals surface area (Å²) in [7, 11) is 0. The molecule has 1 N–H and O–H groups in total. The molecule has 0 fully saturated rings. The fourth-order valence-corrected chi connectivity index (χ4v) is 2.05. The lowest BCUT2D eigenvalue weighted by Crippen LogP contribution is -2.24. The first-order valence-corrected chi connectivity index (χ1v) is 6.34. The maximum absolute atomic E-state index is 13.3. The van der Waals surface area contributed by atoms with Crippen molar-refractivity contribution in [1.29, 1.82) is 0 Å². The lowest BCUT2D eigenvalue weighted by atomic mass is 10.0. The molecule has 0 aliphatic carbocycles. The van der Waals surface area contributed by atoms with Gasteiger partial charge in [-0.3, -0.25) is 0 Å². The van der Waals surface area contributed by atoms with Crippen LogP contribution in [0.3, 0.4) is 0 Å². The summed E-state index contributed by atoms with van der Waals surface area (Å²) in [4.78, 5) is 0. The number of ether oxygens (including phenoxy) is 1. The second kappa shape index (κ2) is 6.10. The van der Waals surface area contributed by atoms with Crippen LogP contribution in [-0.2, 0) is 4.74 Å². The average Bonchev–Trinajstić information content (AvgIpc) is 2.90.